The number of fused-ring (bicyclic) bond motifs is 1. The van der Waals surface area contributed by atoms with Crippen molar-refractivity contribution in [3.63, 3.8) is 0 Å². The summed E-state index contributed by atoms with van der Waals surface area (Å²) in [5, 5.41) is 12.0. The van der Waals surface area contributed by atoms with Crippen molar-refractivity contribution in [3.8, 4) is 29.0 Å². The summed E-state index contributed by atoms with van der Waals surface area (Å²) in [6.45, 7) is 7.63. The minimum atomic E-state index is -0.506. The van der Waals surface area contributed by atoms with Crippen molar-refractivity contribution in [1.82, 2.24) is 15.0 Å². The summed E-state index contributed by atoms with van der Waals surface area (Å²) < 4.78 is 25.5. The maximum atomic E-state index is 14.0. The van der Waals surface area contributed by atoms with Crippen LogP contribution < -0.4 is 4.74 Å². The summed E-state index contributed by atoms with van der Waals surface area (Å²) in [5.74, 6) is 0.168. The molecule has 6 nitrogen and oxygen atoms in total. The fourth-order valence-corrected chi connectivity index (χ4v) is 3.25. The van der Waals surface area contributed by atoms with Gasteiger partial charge < -0.3 is 9.15 Å². The van der Waals surface area contributed by atoms with E-state index in [1.807, 2.05) is 0 Å². The fourth-order valence-electron chi connectivity index (χ4n) is 3.25. The highest BCUT2D eigenvalue weighted by molar-refractivity contribution is 5.76. The molecule has 0 unspecified atom stereocenters. The molecule has 0 bridgehead atoms. The molecule has 2 aromatic carbocycles. The Bertz CT molecular complexity index is 1210. The van der Waals surface area contributed by atoms with Crippen molar-refractivity contribution in [2.45, 2.75) is 34.1 Å². The molecule has 0 saturated carbocycles. The summed E-state index contributed by atoms with van der Waals surface area (Å²) in [4.78, 5) is 13.3. The van der Waals surface area contributed by atoms with Gasteiger partial charge in [0.15, 0.2) is 22.8 Å². The average molecular weight is 406 g/mol. The van der Waals surface area contributed by atoms with Crippen molar-refractivity contribution >= 4 is 11.2 Å². The van der Waals surface area contributed by atoms with Gasteiger partial charge in [0.05, 0.1) is 5.69 Å². The number of aryl methyl sites for hydroxylation is 2. The lowest BCUT2D eigenvalue weighted by Gasteiger charge is -2.08. The van der Waals surface area contributed by atoms with Gasteiger partial charge in [0.2, 0.25) is 5.89 Å². The van der Waals surface area contributed by atoms with Gasteiger partial charge in [0.25, 0.3) is 5.71 Å². The Morgan fingerprint density at radius 1 is 1.07 bits per heavy atom. The lowest BCUT2D eigenvalue weighted by Crippen LogP contribution is -2.02. The number of oxazole rings is 1. The van der Waals surface area contributed by atoms with Crippen LogP contribution in [0.15, 0.2) is 40.8 Å². The predicted octanol–water partition coefficient (Wildman–Crippen LogP) is 6.18. The molecule has 153 valence electrons. The second kappa shape index (κ2) is 7.74. The van der Waals surface area contributed by atoms with Crippen LogP contribution in [-0.2, 0) is 11.5 Å². The molecule has 0 aliphatic carbocycles. The molecule has 0 saturated heterocycles. The number of halogens is 1. The molecule has 2 heterocycles. The zero-order valence-electron chi connectivity index (χ0n) is 17.2. The van der Waals surface area contributed by atoms with Gasteiger partial charge in [-0.3, -0.25) is 5.11 Å². The van der Waals surface area contributed by atoms with E-state index in [0.717, 1.165) is 0 Å². The molecule has 4 rings (SSSR count). The van der Waals surface area contributed by atoms with Gasteiger partial charge >= 0.3 is 6.01 Å². The molecule has 0 aliphatic rings. The van der Waals surface area contributed by atoms with E-state index >= 15 is 0 Å². The second-order valence-electron chi connectivity index (χ2n) is 7.70. The molecule has 0 amide bonds. The van der Waals surface area contributed by atoms with Gasteiger partial charge in [-0.2, -0.15) is 9.97 Å². The number of nitrogens with zero attached hydrogens (tertiary/aromatic N) is 3. The maximum Gasteiger partial charge on any atom is 0.325 e. The topological polar surface area (TPSA) is 80.9 Å². The number of benzene rings is 2. The summed E-state index contributed by atoms with van der Waals surface area (Å²) >= 11 is 0. The first kappa shape index (κ1) is 19.8. The van der Waals surface area contributed by atoms with Crippen LogP contribution in [0.2, 0.25) is 0 Å². The molecule has 0 atom stereocenters. The van der Waals surface area contributed by atoms with Crippen LogP contribution >= 0.6 is 0 Å². The normalized spacial score (nSPS) is 11.4. The van der Waals surface area contributed by atoms with Crippen molar-refractivity contribution < 1.29 is 18.7 Å². The molecular formula is C23H21FN3O3. The van der Waals surface area contributed by atoms with Crippen LogP contribution in [-0.4, -0.2) is 15.0 Å². The lowest BCUT2D eigenvalue weighted by molar-refractivity contribution is 0.348. The van der Waals surface area contributed by atoms with E-state index in [0.29, 0.717) is 46.1 Å². The predicted molar refractivity (Wildman–Crippen MR) is 110 cm³/mol. The highest BCUT2D eigenvalue weighted by atomic mass is 19.1. The summed E-state index contributed by atoms with van der Waals surface area (Å²) in [6, 6.07) is 9.54. The van der Waals surface area contributed by atoms with E-state index in [1.165, 1.54) is 12.1 Å². The van der Waals surface area contributed by atoms with Crippen LogP contribution in [0.3, 0.4) is 0 Å². The third-order valence-electron chi connectivity index (χ3n) is 4.66. The third-order valence-corrected chi connectivity index (χ3v) is 4.66. The third kappa shape index (κ3) is 3.83. The molecule has 4 aromatic rings. The Labute approximate surface area is 173 Å². The van der Waals surface area contributed by atoms with Gasteiger partial charge in [-0.25, -0.2) is 9.37 Å². The summed E-state index contributed by atoms with van der Waals surface area (Å²) in [7, 11) is 0. The van der Waals surface area contributed by atoms with Crippen LogP contribution in [0.1, 0.15) is 30.7 Å². The molecular weight excluding hydrogens is 385 g/mol. The summed E-state index contributed by atoms with van der Waals surface area (Å²) in [6.07, 6.45) is 0.621. The molecule has 2 aromatic heterocycles. The van der Waals surface area contributed by atoms with E-state index in [4.69, 9.17) is 9.15 Å². The van der Waals surface area contributed by atoms with Crippen molar-refractivity contribution in [2.75, 3.05) is 0 Å². The van der Waals surface area contributed by atoms with Gasteiger partial charge in [-0.05, 0) is 61.6 Å². The zero-order chi connectivity index (χ0) is 21.4. The largest absolute Gasteiger partial charge is 0.421 e. The highest BCUT2D eigenvalue weighted by Crippen LogP contribution is 2.32. The standard InChI is InChI=1S/C23H21FN3O3/c1-12(2)9-17-19-22(27-23(25-17)29-18-8-6-5-7-16(18)24)30-21(26-19)15-10-13(3)20(28)14(4)11-15/h5-8,10-12H,9H2,1-4H3. The number of aromatic nitrogens is 3. The molecule has 30 heavy (non-hydrogen) atoms. The first-order chi connectivity index (χ1) is 14.3. The maximum absolute atomic E-state index is 14.0. The summed E-state index contributed by atoms with van der Waals surface area (Å²) in [5.41, 5.74) is 3.36. The first-order valence-corrected chi connectivity index (χ1v) is 9.70. The van der Waals surface area contributed by atoms with Gasteiger partial charge in [-0.15, -0.1) is 0 Å². The molecule has 0 fully saturated rings. The quantitative estimate of drug-likeness (QED) is 0.395. The van der Waals surface area contributed by atoms with Crippen LogP contribution in [0, 0.1) is 25.6 Å². The van der Waals surface area contributed by atoms with Gasteiger partial charge in [-0.1, -0.05) is 26.0 Å². The van der Waals surface area contributed by atoms with E-state index in [1.54, 1.807) is 38.1 Å². The van der Waals surface area contributed by atoms with Crippen LogP contribution in [0.4, 0.5) is 4.39 Å². The van der Waals surface area contributed by atoms with Crippen molar-refractivity contribution in [1.29, 1.82) is 0 Å². The Kier molecular flexibility index (Phi) is 5.11. The fraction of sp³-hybridized carbons (Fsp3) is 0.261. The molecule has 1 radical (unpaired) electrons. The Morgan fingerprint density at radius 3 is 2.43 bits per heavy atom. The smallest absolute Gasteiger partial charge is 0.325 e. The SMILES string of the molecule is Cc1cc(-c2nc3c(CC(C)C)nc(Oc4ccccc4F)nc3o2)cc(C)c1[O]. The van der Waals surface area contributed by atoms with Crippen LogP contribution in [0.25, 0.3) is 22.7 Å². The number of hydrogen-bond donors (Lipinski definition) is 0. The Balaban J connectivity index is 1.82. The molecule has 0 N–H and O–H groups in total. The molecule has 0 spiro atoms. The monoisotopic (exact) mass is 406 g/mol. The zero-order valence-corrected chi connectivity index (χ0v) is 17.2. The average Bonchev–Trinajstić information content (AvgIpc) is 3.12. The minimum absolute atomic E-state index is 0.00396. The molecule has 0 aliphatic heterocycles. The highest BCUT2D eigenvalue weighted by Gasteiger charge is 2.19. The number of hydrogen-bond acceptors (Lipinski definition) is 5. The van der Waals surface area contributed by atoms with Crippen LogP contribution in [0.5, 0.6) is 17.5 Å². The number of rotatable bonds is 5. The van der Waals surface area contributed by atoms with E-state index in [-0.39, 0.29) is 23.2 Å². The lowest BCUT2D eigenvalue weighted by atomic mass is 10.1. The van der Waals surface area contributed by atoms with E-state index < -0.39 is 5.82 Å². The number of para-hydroxylation sites is 1. The van der Waals surface area contributed by atoms with E-state index in [2.05, 4.69) is 28.8 Å². The number of ether oxygens (including phenoxy) is 1. The first-order valence-electron chi connectivity index (χ1n) is 9.70. The van der Waals surface area contributed by atoms with E-state index in [9.17, 15) is 9.50 Å². The van der Waals surface area contributed by atoms with Crippen molar-refractivity contribution in [2.24, 2.45) is 5.92 Å². The van der Waals surface area contributed by atoms with Gasteiger partial charge in [0, 0.05) is 5.56 Å². The van der Waals surface area contributed by atoms with Crippen molar-refractivity contribution in [3.05, 3.63) is 59.0 Å². The molecule has 7 heteroatoms. The second-order valence-corrected chi connectivity index (χ2v) is 7.70. The van der Waals surface area contributed by atoms with Gasteiger partial charge in [0.1, 0.15) is 0 Å². The Hall–Kier alpha value is -3.48. The Morgan fingerprint density at radius 2 is 1.77 bits per heavy atom. The minimum Gasteiger partial charge on any atom is -0.421 e.